The number of carbonyl (C=O) groups excluding carboxylic acids is 6. The summed E-state index contributed by atoms with van der Waals surface area (Å²) in [4.78, 5) is 80.3. The number of benzene rings is 1. The van der Waals surface area contributed by atoms with Gasteiger partial charge in [0.25, 0.3) is 5.91 Å². The summed E-state index contributed by atoms with van der Waals surface area (Å²) < 4.78 is 5.40. The number of alkyl carbamates (subject to hydrolysis) is 1. The van der Waals surface area contributed by atoms with E-state index in [2.05, 4.69) is 27.8 Å². The van der Waals surface area contributed by atoms with Crippen molar-refractivity contribution in [3.63, 3.8) is 0 Å². The highest BCUT2D eigenvalue weighted by Crippen LogP contribution is 2.65. The van der Waals surface area contributed by atoms with Crippen LogP contribution in [0.25, 0.3) is 0 Å². The number of nitrogens with zero attached hydrogens (tertiary/aromatic N) is 1. The van der Waals surface area contributed by atoms with Gasteiger partial charge in [-0.15, -0.1) is 6.58 Å². The molecule has 5 amide bonds. The van der Waals surface area contributed by atoms with Crippen LogP contribution in [0.2, 0.25) is 0 Å². The highest BCUT2D eigenvalue weighted by Gasteiger charge is 2.70. The molecule has 258 valence electrons. The maximum absolute atomic E-state index is 14.0. The molecule has 0 bridgehead atoms. The van der Waals surface area contributed by atoms with E-state index in [4.69, 9.17) is 4.74 Å². The first-order valence-electron chi connectivity index (χ1n) is 16.1. The molecule has 5 atom stereocenters. The van der Waals surface area contributed by atoms with E-state index in [1.807, 2.05) is 65.0 Å². The molecule has 1 saturated heterocycles. The summed E-state index contributed by atoms with van der Waals surface area (Å²) in [6.07, 6.45) is 1.24. The van der Waals surface area contributed by atoms with Gasteiger partial charge in [0, 0.05) is 13.1 Å². The van der Waals surface area contributed by atoms with Gasteiger partial charge >= 0.3 is 6.09 Å². The van der Waals surface area contributed by atoms with Crippen LogP contribution >= 0.6 is 0 Å². The number of piperidine rings is 1. The molecule has 47 heavy (non-hydrogen) atoms. The molecule has 2 fully saturated rings. The smallest absolute Gasteiger partial charge is 0.408 e. The molecular formula is C35H51N5O7. The molecule has 4 N–H and O–H groups in total. The number of rotatable bonds is 13. The molecule has 12 heteroatoms. The van der Waals surface area contributed by atoms with E-state index in [0.717, 1.165) is 5.56 Å². The molecule has 1 aromatic rings. The minimum atomic E-state index is -1.25. The van der Waals surface area contributed by atoms with Crippen LogP contribution in [-0.2, 0) is 35.1 Å². The number of ether oxygens (including phenoxy) is 1. The number of fused-ring (bicyclic) bond motifs is 1. The molecule has 1 heterocycles. The van der Waals surface area contributed by atoms with Crippen LogP contribution in [0.1, 0.15) is 67.4 Å². The van der Waals surface area contributed by atoms with E-state index in [1.165, 1.54) is 11.0 Å². The van der Waals surface area contributed by atoms with E-state index in [9.17, 15) is 28.8 Å². The van der Waals surface area contributed by atoms with Gasteiger partial charge in [0.05, 0.1) is 6.54 Å². The minimum absolute atomic E-state index is 0.0375. The van der Waals surface area contributed by atoms with Crippen molar-refractivity contribution >= 4 is 35.5 Å². The Labute approximate surface area is 277 Å². The van der Waals surface area contributed by atoms with Crippen LogP contribution in [0.5, 0.6) is 0 Å². The Hall–Kier alpha value is -4.22. The third-order valence-electron chi connectivity index (χ3n) is 8.78. The Bertz CT molecular complexity index is 1360. The Kier molecular flexibility index (Phi) is 11.6. The van der Waals surface area contributed by atoms with Gasteiger partial charge in [-0.3, -0.25) is 24.0 Å². The minimum Gasteiger partial charge on any atom is -0.444 e. The van der Waals surface area contributed by atoms with E-state index >= 15 is 0 Å². The normalized spacial score (nSPS) is 20.9. The largest absolute Gasteiger partial charge is 0.444 e. The first-order valence-corrected chi connectivity index (χ1v) is 16.1. The topological polar surface area (TPSA) is 163 Å². The predicted molar refractivity (Wildman–Crippen MR) is 177 cm³/mol. The Balaban J connectivity index is 1.67. The molecular weight excluding hydrogens is 602 g/mol. The monoisotopic (exact) mass is 653 g/mol. The quantitative estimate of drug-likeness (QED) is 0.188. The molecule has 0 spiro atoms. The average Bonchev–Trinajstić information content (AvgIpc) is 3.28. The van der Waals surface area contributed by atoms with Crippen LogP contribution in [-0.4, -0.2) is 83.8 Å². The SMILES string of the molecule is C=CCC(NC(=O)[C@@H]1[C@H]2[C@@H](CN1C(=O)[C@@H](NC(=O)OC(C)(C)C)C(C)(C)C)C2(C)C)C(=O)C(=O)NCC(=O)NCCc1ccccc1. The molecule has 1 aromatic carbocycles. The third-order valence-corrected chi connectivity index (χ3v) is 8.78. The zero-order chi connectivity index (χ0) is 35.3. The molecule has 1 aliphatic heterocycles. The molecule has 1 unspecified atom stereocenters. The summed E-state index contributed by atoms with van der Waals surface area (Å²) in [5, 5.41) is 10.4. The fraction of sp³-hybridized carbons (Fsp3) is 0.600. The van der Waals surface area contributed by atoms with Gasteiger partial charge in [-0.05, 0) is 61.8 Å². The van der Waals surface area contributed by atoms with Gasteiger partial charge < -0.3 is 30.9 Å². The van der Waals surface area contributed by atoms with Crippen molar-refractivity contribution in [1.29, 1.82) is 0 Å². The van der Waals surface area contributed by atoms with E-state index in [-0.39, 0.29) is 23.7 Å². The molecule has 3 rings (SSSR count). The average molecular weight is 654 g/mol. The van der Waals surface area contributed by atoms with Crippen LogP contribution in [0.15, 0.2) is 43.0 Å². The highest BCUT2D eigenvalue weighted by atomic mass is 16.6. The highest BCUT2D eigenvalue weighted by molar-refractivity contribution is 6.38. The van der Waals surface area contributed by atoms with Crippen LogP contribution in [0.4, 0.5) is 4.79 Å². The van der Waals surface area contributed by atoms with Crippen molar-refractivity contribution in [2.75, 3.05) is 19.6 Å². The van der Waals surface area contributed by atoms with Gasteiger partial charge in [0.2, 0.25) is 23.5 Å². The summed E-state index contributed by atoms with van der Waals surface area (Å²) >= 11 is 0. The van der Waals surface area contributed by atoms with Crippen molar-refractivity contribution in [2.24, 2.45) is 22.7 Å². The molecule has 1 saturated carbocycles. The number of hydrogen-bond acceptors (Lipinski definition) is 7. The standard InChI is InChI=1S/C35H51N5O7/c1-10-14-23(27(42)30(44)37-19-24(41)36-18-17-21-15-12-11-13-16-21)38-29(43)26-25-22(35(25,8)9)20-40(26)31(45)28(33(2,3)4)39-32(46)47-34(5,6)7/h10-13,15-16,22-23,25-26,28H,1,14,17-20H2,2-9H3,(H,36,41)(H,37,44)(H,38,43)(H,39,46)/t22-,23?,25-,26+,28-/m1/s1. The molecule has 0 radical (unpaired) electrons. The second-order valence-electron chi connectivity index (χ2n) is 15.1. The van der Waals surface area contributed by atoms with Gasteiger partial charge in [-0.1, -0.05) is 71.0 Å². The van der Waals surface area contributed by atoms with Crippen molar-refractivity contribution in [3.05, 3.63) is 48.6 Å². The number of amides is 5. The second-order valence-corrected chi connectivity index (χ2v) is 15.1. The number of ketones is 1. The van der Waals surface area contributed by atoms with E-state index in [0.29, 0.717) is 19.5 Å². The van der Waals surface area contributed by atoms with Crippen LogP contribution in [0, 0.1) is 22.7 Å². The molecule has 0 aromatic heterocycles. The van der Waals surface area contributed by atoms with E-state index in [1.54, 1.807) is 20.8 Å². The maximum atomic E-state index is 14.0. The fourth-order valence-corrected chi connectivity index (χ4v) is 6.17. The lowest BCUT2D eigenvalue weighted by atomic mass is 9.85. The summed E-state index contributed by atoms with van der Waals surface area (Å²) in [5.41, 5.74) is -0.670. The summed E-state index contributed by atoms with van der Waals surface area (Å²) in [6, 6.07) is 6.41. The fourth-order valence-electron chi connectivity index (χ4n) is 6.17. The summed E-state index contributed by atoms with van der Waals surface area (Å²) in [5.74, 6) is -3.56. The number of nitrogens with one attached hydrogen (secondary N) is 4. The first kappa shape index (κ1) is 37.2. The lowest BCUT2D eigenvalue weighted by Gasteiger charge is -2.38. The Morgan fingerprint density at radius 1 is 1.00 bits per heavy atom. The summed E-state index contributed by atoms with van der Waals surface area (Å²) in [7, 11) is 0. The molecule has 2 aliphatic rings. The lowest BCUT2D eigenvalue weighted by Crippen LogP contribution is -2.60. The molecule has 1 aliphatic carbocycles. The lowest BCUT2D eigenvalue weighted by molar-refractivity contribution is -0.145. The van der Waals surface area contributed by atoms with Crippen molar-refractivity contribution < 1.29 is 33.5 Å². The maximum Gasteiger partial charge on any atom is 0.408 e. The number of Topliss-reactive ketones (excluding diaryl/α,β-unsaturated/α-hetero) is 1. The van der Waals surface area contributed by atoms with Crippen molar-refractivity contribution in [2.45, 2.75) is 92.0 Å². The van der Waals surface area contributed by atoms with Crippen LogP contribution < -0.4 is 21.3 Å². The van der Waals surface area contributed by atoms with Gasteiger partial charge in [-0.25, -0.2) is 4.79 Å². The Morgan fingerprint density at radius 3 is 2.21 bits per heavy atom. The summed E-state index contributed by atoms with van der Waals surface area (Å²) in [6.45, 7) is 18.6. The Morgan fingerprint density at radius 2 is 1.64 bits per heavy atom. The van der Waals surface area contributed by atoms with E-state index < -0.39 is 71.2 Å². The van der Waals surface area contributed by atoms with Gasteiger partial charge in [-0.2, -0.15) is 0 Å². The van der Waals surface area contributed by atoms with Crippen molar-refractivity contribution in [1.82, 2.24) is 26.2 Å². The van der Waals surface area contributed by atoms with Crippen molar-refractivity contribution in [3.8, 4) is 0 Å². The molecule has 12 nitrogen and oxygen atoms in total. The number of hydrogen-bond donors (Lipinski definition) is 4. The number of carbonyl (C=O) groups is 6. The van der Waals surface area contributed by atoms with Gasteiger partial charge in [0.15, 0.2) is 0 Å². The second kappa shape index (κ2) is 14.7. The zero-order valence-electron chi connectivity index (χ0n) is 28.9. The number of likely N-dealkylation sites (tertiary alicyclic amines) is 1. The third kappa shape index (κ3) is 9.65. The van der Waals surface area contributed by atoms with Gasteiger partial charge in [0.1, 0.15) is 23.7 Å². The van der Waals surface area contributed by atoms with Crippen LogP contribution in [0.3, 0.4) is 0 Å². The predicted octanol–water partition coefficient (Wildman–Crippen LogP) is 2.51. The first-order chi connectivity index (χ1) is 21.8. The zero-order valence-corrected chi connectivity index (χ0v) is 28.9.